The molecule has 140 valence electrons. The number of carbonyl (C=O) groups is 1. The summed E-state index contributed by atoms with van der Waals surface area (Å²) in [7, 11) is -3.41. The lowest BCUT2D eigenvalue weighted by Gasteiger charge is -2.24. The summed E-state index contributed by atoms with van der Waals surface area (Å²) in [5.41, 5.74) is -0.491. The molecule has 0 amide bonds. The SMILES string of the molecule is COC(=O)c1cccnc1N(CC(F)F)S(=O)(=O)Cc1ccccc1F. The Morgan fingerprint density at radius 2 is 1.92 bits per heavy atom. The van der Waals surface area contributed by atoms with Gasteiger partial charge in [-0.1, -0.05) is 18.2 Å². The van der Waals surface area contributed by atoms with E-state index in [4.69, 9.17) is 0 Å². The van der Waals surface area contributed by atoms with E-state index < -0.39 is 46.4 Å². The average molecular weight is 388 g/mol. The van der Waals surface area contributed by atoms with Crippen LogP contribution in [0.5, 0.6) is 0 Å². The minimum Gasteiger partial charge on any atom is -0.465 e. The van der Waals surface area contributed by atoms with Crippen LogP contribution in [0.1, 0.15) is 15.9 Å². The molecule has 0 fully saturated rings. The van der Waals surface area contributed by atoms with E-state index in [9.17, 15) is 26.4 Å². The minimum absolute atomic E-state index is 0.192. The van der Waals surface area contributed by atoms with E-state index in [2.05, 4.69) is 9.72 Å². The number of alkyl halides is 2. The summed E-state index contributed by atoms with van der Waals surface area (Å²) >= 11 is 0. The molecule has 0 radical (unpaired) electrons. The van der Waals surface area contributed by atoms with Crippen LogP contribution in [0.25, 0.3) is 0 Å². The molecule has 1 aromatic carbocycles. The largest absolute Gasteiger partial charge is 0.465 e. The molecule has 0 unspecified atom stereocenters. The van der Waals surface area contributed by atoms with Gasteiger partial charge in [-0.2, -0.15) is 0 Å². The van der Waals surface area contributed by atoms with Gasteiger partial charge >= 0.3 is 5.97 Å². The van der Waals surface area contributed by atoms with Gasteiger partial charge in [0.2, 0.25) is 10.0 Å². The summed E-state index contributed by atoms with van der Waals surface area (Å²) in [4.78, 5) is 15.6. The molecule has 2 aromatic rings. The number of ether oxygens (including phenoxy) is 1. The van der Waals surface area contributed by atoms with Gasteiger partial charge in [0, 0.05) is 11.8 Å². The summed E-state index contributed by atoms with van der Waals surface area (Å²) in [6, 6.07) is 7.61. The maximum Gasteiger partial charge on any atom is 0.341 e. The van der Waals surface area contributed by atoms with Gasteiger partial charge in [0.25, 0.3) is 6.43 Å². The molecule has 0 spiro atoms. The molecule has 0 aliphatic heterocycles. The highest BCUT2D eigenvalue weighted by atomic mass is 32.2. The maximum atomic E-state index is 13.8. The molecule has 1 aromatic heterocycles. The molecule has 0 aliphatic rings. The number of nitrogens with zero attached hydrogens (tertiary/aromatic N) is 2. The number of anilines is 1. The van der Waals surface area contributed by atoms with Crippen molar-refractivity contribution >= 4 is 21.8 Å². The van der Waals surface area contributed by atoms with Crippen molar-refractivity contribution in [3.05, 3.63) is 59.5 Å². The van der Waals surface area contributed by atoms with Gasteiger partial charge in [-0.15, -0.1) is 0 Å². The number of pyridine rings is 1. The molecule has 0 saturated heterocycles. The Morgan fingerprint density at radius 1 is 1.23 bits per heavy atom. The highest BCUT2D eigenvalue weighted by molar-refractivity contribution is 7.92. The van der Waals surface area contributed by atoms with Crippen LogP contribution in [0.2, 0.25) is 0 Å². The highest BCUT2D eigenvalue weighted by Gasteiger charge is 2.31. The number of benzene rings is 1. The van der Waals surface area contributed by atoms with Gasteiger partial charge in [0.05, 0.1) is 19.4 Å². The van der Waals surface area contributed by atoms with Crippen LogP contribution < -0.4 is 4.31 Å². The average Bonchev–Trinajstić information content (AvgIpc) is 2.60. The number of rotatable bonds is 7. The van der Waals surface area contributed by atoms with Crippen molar-refractivity contribution in [2.75, 3.05) is 18.0 Å². The molecule has 26 heavy (non-hydrogen) atoms. The van der Waals surface area contributed by atoms with Crippen LogP contribution in [0.3, 0.4) is 0 Å². The number of methoxy groups -OCH3 is 1. The first-order valence-electron chi connectivity index (χ1n) is 7.31. The van der Waals surface area contributed by atoms with Gasteiger partial charge < -0.3 is 4.74 Å². The number of aromatic nitrogens is 1. The molecule has 2 rings (SSSR count). The second-order valence-electron chi connectivity index (χ2n) is 5.14. The summed E-state index contributed by atoms with van der Waals surface area (Å²) in [6.45, 7) is -1.24. The summed E-state index contributed by atoms with van der Waals surface area (Å²) in [5, 5.41) is 0. The third-order valence-corrected chi connectivity index (χ3v) is 5.03. The number of carbonyl (C=O) groups excluding carboxylic acids is 1. The fourth-order valence-corrected chi connectivity index (χ4v) is 3.74. The Balaban J connectivity index is 2.51. The van der Waals surface area contributed by atoms with Crippen molar-refractivity contribution < 1.29 is 31.1 Å². The first-order valence-corrected chi connectivity index (χ1v) is 8.92. The second-order valence-corrected chi connectivity index (χ2v) is 7.03. The molecular weight excluding hydrogens is 373 g/mol. The topological polar surface area (TPSA) is 76.6 Å². The Labute approximate surface area is 148 Å². The zero-order valence-electron chi connectivity index (χ0n) is 13.6. The number of esters is 1. The Hall–Kier alpha value is -2.62. The Morgan fingerprint density at radius 3 is 2.54 bits per heavy atom. The predicted octanol–water partition coefficient (Wildman–Crippen LogP) is 2.61. The molecule has 0 saturated carbocycles. The summed E-state index contributed by atoms with van der Waals surface area (Å²) in [5.74, 6) is -3.10. The lowest BCUT2D eigenvalue weighted by Crippen LogP contribution is -2.38. The summed E-state index contributed by atoms with van der Waals surface area (Å²) in [6.07, 6.45) is -1.89. The molecule has 0 bridgehead atoms. The first kappa shape index (κ1) is 19.7. The molecular formula is C16H15F3N2O4S. The van der Waals surface area contributed by atoms with Crippen LogP contribution in [0, 0.1) is 5.82 Å². The normalized spacial score (nSPS) is 11.4. The van der Waals surface area contributed by atoms with E-state index in [1.807, 2.05) is 0 Å². The zero-order valence-corrected chi connectivity index (χ0v) is 14.4. The monoisotopic (exact) mass is 388 g/mol. The van der Waals surface area contributed by atoms with Crippen molar-refractivity contribution in [3.63, 3.8) is 0 Å². The standard InChI is InChI=1S/C16H15F3N2O4S/c1-25-16(22)12-6-4-8-20-15(12)21(9-14(18)19)26(23,24)10-11-5-2-3-7-13(11)17/h2-8,14H,9-10H2,1H3. The van der Waals surface area contributed by atoms with E-state index in [1.165, 1.54) is 30.3 Å². The van der Waals surface area contributed by atoms with Crippen LogP contribution in [0.4, 0.5) is 19.0 Å². The molecule has 0 atom stereocenters. The van der Waals surface area contributed by atoms with Gasteiger partial charge in [0.1, 0.15) is 11.4 Å². The molecule has 0 aliphatic carbocycles. The van der Waals surface area contributed by atoms with Crippen LogP contribution in [0.15, 0.2) is 42.6 Å². The lowest BCUT2D eigenvalue weighted by atomic mass is 10.2. The minimum atomic E-state index is -4.47. The van der Waals surface area contributed by atoms with E-state index in [-0.39, 0.29) is 11.1 Å². The van der Waals surface area contributed by atoms with Crippen molar-refractivity contribution in [1.29, 1.82) is 0 Å². The van der Waals surface area contributed by atoms with Crippen molar-refractivity contribution in [2.24, 2.45) is 0 Å². The van der Waals surface area contributed by atoms with Gasteiger partial charge in [-0.3, -0.25) is 0 Å². The fraction of sp³-hybridized carbons (Fsp3) is 0.250. The second kappa shape index (κ2) is 8.17. The Kier molecular flexibility index (Phi) is 6.19. The fourth-order valence-electron chi connectivity index (χ4n) is 2.21. The Bertz CT molecular complexity index is 891. The molecule has 10 heteroatoms. The van der Waals surface area contributed by atoms with Crippen LogP contribution in [-0.4, -0.2) is 39.5 Å². The number of hydrogen-bond acceptors (Lipinski definition) is 5. The van der Waals surface area contributed by atoms with Crippen LogP contribution in [-0.2, 0) is 20.5 Å². The van der Waals surface area contributed by atoms with Crippen LogP contribution >= 0.6 is 0 Å². The highest BCUT2D eigenvalue weighted by Crippen LogP contribution is 2.25. The van der Waals surface area contributed by atoms with Crippen molar-refractivity contribution in [1.82, 2.24) is 4.98 Å². The number of hydrogen-bond donors (Lipinski definition) is 0. The lowest BCUT2D eigenvalue weighted by molar-refractivity contribution is 0.0601. The third kappa shape index (κ3) is 4.51. The quantitative estimate of drug-likeness (QED) is 0.682. The van der Waals surface area contributed by atoms with E-state index in [0.717, 1.165) is 19.4 Å². The maximum absolute atomic E-state index is 13.8. The van der Waals surface area contributed by atoms with E-state index >= 15 is 0 Å². The first-order chi connectivity index (χ1) is 12.3. The molecule has 0 N–H and O–H groups in total. The predicted molar refractivity (Wildman–Crippen MR) is 88.0 cm³/mol. The van der Waals surface area contributed by atoms with Gasteiger partial charge in [-0.05, 0) is 18.2 Å². The zero-order chi connectivity index (χ0) is 19.3. The van der Waals surface area contributed by atoms with E-state index in [0.29, 0.717) is 4.31 Å². The smallest absolute Gasteiger partial charge is 0.341 e. The van der Waals surface area contributed by atoms with Gasteiger partial charge in [-0.25, -0.2) is 35.7 Å². The van der Waals surface area contributed by atoms with E-state index in [1.54, 1.807) is 0 Å². The molecule has 6 nitrogen and oxygen atoms in total. The summed E-state index contributed by atoms with van der Waals surface area (Å²) < 4.78 is 70.0. The van der Waals surface area contributed by atoms with Crippen molar-refractivity contribution in [3.8, 4) is 0 Å². The molecule has 1 heterocycles. The van der Waals surface area contributed by atoms with Gasteiger partial charge in [0.15, 0.2) is 5.82 Å². The third-order valence-electron chi connectivity index (χ3n) is 3.36. The number of halogens is 3. The van der Waals surface area contributed by atoms with Crippen molar-refractivity contribution in [2.45, 2.75) is 12.2 Å². The number of sulfonamides is 1.